The van der Waals surface area contributed by atoms with E-state index in [1.54, 1.807) is 42.5 Å². The Hall–Kier alpha value is -2.06. The zero-order valence-electron chi connectivity index (χ0n) is 14.2. The molecule has 0 aliphatic heterocycles. The molecule has 0 unspecified atom stereocenters. The maximum absolute atomic E-state index is 12.1. The second kappa shape index (κ2) is 9.59. The van der Waals surface area contributed by atoms with Gasteiger partial charge in [-0.3, -0.25) is 20.4 Å². The summed E-state index contributed by atoms with van der Waals surface area (Å²) in [5, 5.41) is 0. The van der Waals surface area contributed by atoms with Gasteiger partial charge in [-0.05, 0) is 66.2 Å². The van der Waals surface area contributed by atoms with E-state index in [1.165, 1.54) is 0 Å². The highest BCUT2D eigenvalue weighted by Gasteiger charge is 2.10. The number of hydrazine groups is 1. The monoisotopic (exact) mass is 484 g/mol. The van der Waals surface area contributed by atoms with E-state index in [4.69, 9.17) is 9.47 Å². The molecule has 2 aromatic carbocycles. The quantitative estimate of drug-likeness (QED) is 0.609. The Kier molecular flexibility index (Phi) is 7.47. The van der Waals surface area contributed by atoms with Gasteiger partial charge in [0.1, 0.15) is 11.5 Å². The summed E-state index contributed by atoms with van der Waals surface area (Å²) in [6, 6.07) is 12.0. The summed E-state index contributed by atoms with van der Waals surface area (Å²) in [6.07, 6.45) is 0.00287. The molecule has 0 heterocycles. The fourth-order valence-corrected chi connectivity index (χ4v) is 3.11. The Morgan fingerprint density at radius 3 is 2.54 bits per heavy atom. The first-order valence-corrected chi connectivity index (χ1v) is 9.37. The summed E-state index contributed by atoms with van der Waals surface area (Å²) in [4.78, 5) is 24.0. The highest BCUT2D eigenvalue weighted by Crippen LogP contribution is 2.28. The lowest BCUT2D eigenvalue weighted by Gasteiger charge is -2.12. The average Bonchev–Trinajstić information content (AvgIpc) is 2.58. The molecule has 26 heavy (non-hydrogen) atoms. The van der Waals surface area contributed by atoms with Crippen LogP contribution in [0, 0.1) is 0 Å². The highest BCUT2D eigenvalue weighted by atomic mass is 79.9. The standard InChI is InChI=1S/C18H18Br2N2O4/c1-11(2)26-14-5-3-4-12(8-14)18(24)22-21-17(23)10-25-16-7-6-13(19)9-15(16)20/h3-9,11H,10H2,1-2H3,(H,21,23)(H,22,24). The maximum atomic E-state index is 12.1. The number of ether oxygens (including phenoxy) is 2. The van der Waals surface area contributed by atoms with Crippen LogP contribution in [-0.4, -0.2) is 24.5 Å². The van der Waals surface area contributed by atoms with Gasteiger partial charge in [0.15, 0.2) is 6.61 Å². The second-order valence-corrected chi connectivity index (χ2v) is 7.33. The minimum Gasteiger partial charge on any atom is -0.491 e. The van der Waals surface area contributed by atoms with Gasteiger partial charge in [-0.1, -0.05) is 22.0 Å². The molecular formula is C18H18Br2N2O4. The number of carbonyl (C=O) groups excluding carboxylic acids is 2. The van der Waals surface area contributed by atoms with E-state index < -0.39 is 11.8 Å². The molecule has 0 atom stereocenters. The van der Waals surface area contributed by atoms with Crippen LogP contribution < -0.4 is 20.3 Å². The number of amides is 2. The molecule has 2 rings (SSSR count). The third-order valence-electron chi connectivity index (χ3n) is 3.04. The van der Waals surface area contributed by atoms with Gasteiger partial charge in [-0.25, -0.2) is 0 Å². The predicted octanol–water partition coefficient (Wildman–Crippen LogP) is 3.84. The van der Waals surface area contributed by atoms with Crippen molar-refractivity contribution in [3.8, 4) is 11.5 Å². The number of benzene rings is 2. The Balaban J connectivity index is 1.84. The fraction of sp³-hybridized carbons (Fsp3) is 0.222. The van der Waals surface area contributed by atoms with Crippen molar-refractivity contribution in [1.29, 1.82) is 0 Å². The van der Waals surface area contributed by atoms with E-state index >= 15 is 0 Å². The lowest BCUT2D eigenvalue weighted by atomic mass is 10.2. The molecule has 6 nitrogen and oxygen atoms in total. The molecule has 0 aliphatic rings. The number of rotatable bonds is 6. The molecule has 0 radical (unpaired) electrons. The summed E-state index contributed by atoms with van der Waals surface area (Å²) in [5.41, 5.74) is 5.03. The van der Waals surface area contributed by atoms with E-state index in [0.717, 1.165) is 4.47 Å². The van der Waals surface area contributed by atoms with Gasteiger partial charge in [0.2, 0.25) is 0 Å². The Morgan fingerprint density at radius 1 is 1.08 bits per heavy atom. The first-order chi connectivity index (χ1) is 12.3. The Labute approximate surface area is 168 Å². The average molecular weight is 486 g/mol. The molecule has 138 valence electrons. The molecule has 2 amide bonds. The molecule has 0 saturated carbocycles. The molecule has 0 aliphatic carbocycles. The largest absolute Gasteiger partial charge is 0.491 e. The molecular weight excluding hydrogens is 468 g/mol. The lowest BCUT2D eigenvalue weighted by molar-refractivity contribution is -0.123. The van der Waals surface area contributed by atoms with Crippen molar-refractivity contribution in [1.82, 2.24) is 10.9 Å². The number of halogens is 2. The van der Waals surface area contributed by atoms with Crippen LogP contribution in [-0.2, 0) is 4.79 Å². The zero-order chi connectivity index (χ0) is 19.1. The first kappa shape index (κ1) is 20.3. The van der Waals surface area contributed by atoms with Gasteiger partial charge in [0.05, 0.1) is 10.6 Å². The van der Waals surface area contributed by atoms with Crippen molar-refractivity contribution in [2.75, 3.05) is 6.61 Å². The van der Waals surface area contributed by atoms with Crippen LogP contribution in [0.1, 0.15) is 24.2 Å². The Morgan fingerprint density at radius 2 is 1.85 bits per heavy atom. The minimum atomic E-state index is -0.484. The number of nitrogens with one attached hydrogen (secondary N) is 2. The Bertz CT molecular complexity index is 797. The van der Waals surface area contributed by atoms with Crippen molar-refractivity contribution in [2.45, 2.75) is 20.0 Å². The fourth-order valence-electron chi connectivity index (χ4n) is 1.95. The summed E-state index contributed by atoms with van der Waals surface area (Å²) in [6.45, 7) is 3.56. The van der Waals surface area contributed by atoms with Gasteiger partial charge in [0, 0.05) is 10.0 Å². The van der Waals surface area contributed by atoms with Crippen molar-refractivity contribution >= 4 is 43.7 Å². The van der Waals surface area contributed by atoms with Crippen molar-refractivity contribution in [3.05, 3.63) is 57.0 Å². The van der Waals surface area contributed by atoms with E-state index in [9.17, 15) is 9.59 Å². The summed E-state index contributed by atoms with van der Waals surface area (Å²) < 4.78 is 12.5. The van der Waals surface area contributed by atoms with E-state index in [1.807, 2.05) is 13.8 Å². The van der Waals surface area contributed by atoms with Crippen molar-refractivity contribution in [2.24, 2.45) is 0 Å². The first-order valence-electron chi connectivity index (χ1n) is 7.79. The van der Waals surface area contributed by atoms with Crippen molar-refractivity contribution in [3.63, 3.8) is 0 Å². The van der Waals surface area contributed by atoms with Crippen LogP contribution in [0.15, 0.2) is 51.4 Å². The predicted molar refractivity (Wildman–Crippen MR) is 105 cm³/mol. The topological polar surface area (TPSA) is 76.7 Å². The number of hydrogen-bond acceptors (Lipinski definition) is 4. The number of hydrogen-bond donors (Lipinski definition) is 2. The molecule has 2 N–H and O–H groups in total. The highest BCUT2D eigenvalue weighted by molar-refractivity contribution is 9.11. The molecule has 0 fully saturated rings. The molecule has 0 aromatic heterocycles. The van der Waals surface area contributed by atoms with Crippen LogP contribution in [0.3, 0.4) is 0 Å². The second-order valence-electron chi connectivity index (χ2n) is 5.56. The van der Waals surface area contributed by atoms with Gasteiger partial charge in [-0.2, -0.15) is 0 Å². The molecule has 2 aromatic rings. The van der Waals surface area contributed by atoms with Crippen LogP contribution in [0.4, 0.5) is 0 Å². The molecule has 8 heteroatoms. The molecule has 0 bridgehead atoms. The maximum Gasteiger partial charge on any atom is 0.276 e. The van der Waals surface area contributed by atoms with Crippen molar-refractivity contribution < 1.29 is 19.1 Å². The van der Waals surface area contributed by atoms with E-state index in [0.29, 0.717) is 21.5 Å². The smallest absolute Gasteiger partial charge is 0.276 e. The number of carbonyl (C=O) groups is 2. The van der Waals surface area contributed by atoms with Gasteiger partial charge in [-0.15, -0.1) is 0 Å². The summed E-state index contributed by atoms with van der Waals surface area (Å²) in [5.74, 6) is 0.177. The van der Waals surface area contributed by atoms with Crippen LogP contribution >= 0.6 is 31.9 Å². The summed E-state index contributed by atoms with van der Waals surface area (Å²) in [7, 11) is 0. The normalized spacial score (nSPS) is 10.3. The van der Waals surface area contributed by atoms with Crippen LogP contribution in [0.25, 0.3) is 0 Å². The summed E-state index contributed by atoms with van der Waals surface area (Å²) >= 11 is 6.68. The van der Waals surface area contributed by atoms with E-state index in [-0.39, 0.29) is 12.7 Å². The van der Waals surface area contributed by atoms with Gasteiger partial charge < -0.3 is 9.47 Å². The van der Waals surface area contributed by atoms with Crippen LogP contribution in [0.5, 0.6) is 11.5 Å². The van der Waals surface area contributed by atoms with Crippen LogP contribution in [0.2, 0.25) is 0 Å². The SMILES string of the molecule is CC(C)Oc1cccc(C(=O)NNC(=O)COc2ccc(Br)cc2Br)c1. The van der Waals surface area contributed by atoms with Gasteiger partial charge in [0.25, 0.3) is 11.8 Å². The molecule has 0 saturated heterocycles. The van der Waals surface area contributed by atoms with Gasteiger partial charge >= 0.3 is 0 Å². The molecule has 0 spiro atoms. The third-order valence-corrected chi connectivity index (χ3v) is 4.15. The zero-order valence-corrected chi connectivity index (χ0v) is 17.4. The minimum absolute atomic E-state index is 0.00287. The lowest BCUT2D eigenvalue weighted by Crippen LogP contribution is -2.43. The third kappa shape index (κ3) is 6.34. The van der Waals surface area contributed by atoms with E-state index in [2.05, 4.69) is 42.7 Å².